The number of methoxy groups -OCH3 is 1. The van der Waals surface area contributed by atoms with Crippen LogP contribution in [0.4, 0.5) is 0 Å². The van der Waals surface area contributed by atoms with Gasteiger partial charge in [-0.15, -0.1) is 0 Å². The molecule has 1 aromatic rings. The lowest BCUT2D eigenvalue weighted by atomic mass is 10.2. The van der Waals surface area contributed by atoms with Gasteiger partial charge in [-0.3, -0.25) is 0 Å². The van der Waals surface area contributed by atoms with Crippen molar-refractivity contribution in [2.75, 3.05) is 7.11 Å². The number of halogens is 1. The molecule has 1 N–H and O–H groups in total. The fourth-order valence-electron chi connectivity index (χ4n) is 1.49. The van der Waals surface area contributed by atoms with E-state index < -0.39 is 10.0 Å². The van der Waals surface area contributed by atoms with Crippen molar-refractivity contribution in [3.63, 3.8) is 0 Å². The van der Waals surface area contributed by atoms with Gasteiger partial charge in [0.15, 0.2) is 0 Å². The molecule has 0 saturated heterocycles. The fourth-order valence-corrected chi connectivity index (χ4v) is 3.20. The summed E-state index contributed by atoms with van der Waals surface area (Å²) >= 11 is 5.95. The molecule has 0 aromatic heterocycles. The molecule has 2 rings (SSSR count). The van der Waals surface area contributed by atoms with E-state index >= 15 is 0 Å². The van der Waals surface area contributed by atoms with Crippen LogP contribution in [0.3, 0.4) is 0 Å². The molecule has 1 aliphatic rings. The lowest BCUT2D eigenvalue weighted by molar-refractivity contribution is 0.402. The summed E-state index contributed by atoms with van der Waals surface area (Å²) in [6.45, 7) is 1.80. The normalized spacial score (nSPS) is 15.9. The van der Waals surface area contributed by atoms with Crippen LogP contribution in [0.25, 0.3) is 0 Å². The maximum Gasteiger partial charge on any atom is 0.244 e. The molecule has 0 amide bonds. The molecular weight excluding hydrogens is 262 g/mol. The third-order valence-corrected chi connectivity index (χ3v) is 4.58. The van der Waals surface area contributed by atoms with Gasteiger partial charge in [-0.05, 0) is 37.5 Å². The van der Waals surface area contributed by atoms with Crippen molar-refractivity contribution in [1.82, 2.24) is 4.72 Å². The molecule has 1 aliphatic carbocycles. The Morgan fingerprint density at radius 3 is 2.59 bits per heavy atom. The molecule has 0 bridgehead atoms. The Morgan fingerprint density at radius 1 is 1.41 bits per heavy atom. The van der Waals surface area contributed by atoms with Gasteiger partial charge >= 0.3 is 0 Å². The topological polar surface area (TPSA) is 55.4 Å². The molecule has 17 heavy (non-hydrogen) atoms. The van der Waals surface area contributed by atoms with Crippen LogP contribution in [0.5, 0.6) is 5.75 Å². The lowest BCUT2D eigenvalue weighted by Crippen LogP contribution is -2.26. The van der Waals surface area contributed by atoms with Gasteiger partial charge in [0.05, 0.1) is 7.11 Å². The smallest absolute Gasteiger partial charge is 0.244 e. The highest BCUT2D eigenvalue weighted by atomic mass is 35.5. The predicted octanol–water partition coefficient (Wildman–Crippen LogP) is 2.10. The molecule has 0 atom stereocenters. The number of benzene rings is 1. The molecule has 0 radical (unpaired) electrons. The van der Waals surface area contributed by atoms with Crippen molar-refractivity contribution in [3.8, 4) is 5.75 Å². The summed E-state index contributed by atoms with van der Waals surface area (Å²) < 4.78 is 31.8. The fraction of sp³-hybridized carbons (Fsp3) is 0.455. The molecule has 4 nitrogen and oxygen atoms in total. The predicted molar refractivity (Wildman–Crippen MR) is 66.1 cm³/mol. The first kappa shape index (κ1) is 12.7. The number of rotatable bonds is 4. The minimum atomic E-state index is -3.54. The average molecular weight is 276 g/mol. The van der Waals surface area contributed by atoms with Crippen molar-refractivity contribution in [1.29, 1.82) is 0 Å². The van der Waals surface area contributed by atoms with E-state index in [1.54, 1.807) is 13.0 Å². The number of hydrogen-bond donors (Lipinski definition) is 1. The van der Waals surface area contributed by atoms with E-state index in [-0.39, 0.29) is 10.9 Å². The second-order valence-corrected chi connectivity index (χ2v) is 6.24. The Balaban J connectivity index is 2.45. The van der Waals surface area contributed by atoms with Gasteiger partial charge in [-0.25, -0.2) is 13.1 Å². The molecule has 0 heterocycles. The first-order valence-corrected chi connectivity index (χ1v) is 7.16. The van der Waals surface area contributed by atoms with Crippen LogP contribution in [-0.4, -0.2) is 21.6 Å². The summed E-state index contributed by atoms with van der Waals surface area (Å²) in [5.41, 5.74) is 0.786. The number of hydrogen-bond acceptors (Lipinski definition) is 3. The molecular formula is C11H14ClNO3S. The average Bonchev–Trinajstić information content (AvgIpc) is 3.04. The second kappa shape index (κ2) is 4.48. The van der Waals surface area contributed by atoms with E-state index in [2.05, 4.69) is 4.72 Å². The quantitative estimate of drug-likeness (QED) is 0.915. The zero-order valence-electron chi connectivity index (χ0n) is 9.66. The standard InChI is InChI=1S/C11H14ClNO3S/c1-7-5-10(16-2)11(6-9(7)12)17(14,15)13-8-3-4-8/h5-6,8,13H,3-4H2,1-2H3. The number of nitrogens with one attached hydrogen (secondary N) is 1. The summed E-state index contributed by atoms with van der Waals surface area (Å²) in [6.07, 6.45) is 1.78. The summed E-state index contributed by atoms with van der Waals surface area (Å²) in [7, 11) is -2.10. The first-order valence-electron chi connectivity index (χ1n) is 5.30. The van der Waals surface area contributed by atoms with Crippen LogP contribution in [-0.2, 0) is 10.0 Å². The van der Waals surface area contributed by atoms with Crippen LogP contribution in [0.2, 0.25) is 5.02 Å². The SMILES string of the molecule is COc1cc(C)c(Cl)cc1S(=O)(=O)NC1CC1. The third kappa shape index (κ3) is 2.73. The van der Waals surface area contributed by atoms with Gasteiger partial charge in [-0.1, -0.05) is 11.6 Å². The van der Waals surface area contributed by atoms with Crippen molar-refractivity contribution >= 4 is 21.6 Å². The Kier molecular flexibility index (Phi) is 3.34. The van der Waals surface area contributed by atoms with Crippen molar-refractivity contribution < 1.29 is 13.2 Å². The van der Waals surface area contributed by atoms with Gasteiger partial charge in [-0.2, -0.15) is 0 Å². The van der Waals surface area contributed by atoms with E-state index in [0.717, 1.165) is 18.4 Å². The van der Waals surface area contributed by atoms with E-state index in [1.807, 2.05) is 0 Å². The summed E-state index contributed by atoms with van der Waals surface area (Å²) in [5, 5.41) is 0.418. The molecule has 6 heteroatoms. The molecule has 0 unspecified atom stereocenters. The molecule has 0 spiro atoms. The molecule has 1 aromatic carbocycles. The van der Waals surface area contributed by atoms with Crippen LogP contribution < -0.4 is 9.46 Å². The Labute approximate surface area is 106 Å². The molecule has 1 fully saturated rings. The van der Waals surface area contributed by atoms with Crippen molar-refractivity contribution in [2.24, 2.45) is 0 Å². The first-order chi connectivity index (χ1) is 7.94. The zero-order chi connectivity index (χ0) is 12.6. The molecule has 0 aliphatic heterocycles. The molecule has 94 valence electrons. The van der Waals surface area contributed by atoms with Crippen LogP contribution >= 0.6 is 11.6 Å². The van der Waals surface area contributed by atoms with E-state index in [0.29, 0.717) is 10.8 Å². The third-order valence-electron chi connectivity index (χ3n) is 2.63. The highest BCUT2D eigenvalue weighted by Crippen LogP contribution is 2.31. The van der Waals surface area contributed by atoms with Gasteiger partial charge in [0.25, 0.3) is 0 Å². The van der Waals surface area contributed by atoms with Gasteiger partial charge < -0.3 is 4.74 Å². The van der Waals surface area contributed by atoms with E-state index in [1.165, 1.54) is 13.2 Å². The highest BCUT2D eigenvalue weighted by molar-refractivity contribution is 7.89. The van der Waals surface area contributed by atoms with Gasteiger partial charge in [0, 0.05) is 11.1 Å². The van der Waals surface area contributed by atoms with Crippen molar-refractivity contribution in [3.05, 3.63) is 22.7 Å². The highest BCUT2D eigenvalue weighted by Gasteiger charge is 2.30. The van der Waals surface area contributed by atoms with Gasteiger partial charge in [0.1, 0.15) is 10.6 Å². The summed E-state index contributed by atoms with van der Waals surface area (Å²) in [4.78, 5) is 0.0995. The second-order valence-electron chi connectivity index (χ2n) is 4.15. The Bertz CT molecular complexity index is 538. The minimum Gasteiger partial charge on any atom is -0.495 e. The maximum atomic E-state index is 12.1. The van der Waals surface area contributed by atoms with Crippen molar-refractivity contribution in [2.45, 2.75) is 30.7 Å². The lowest BCUT2D eigenvalue weighted by Gasteiger charge is -2.12. The number of sulfonamides is 1. The van der Waals surface area contributed by atoms with Crippen LogP contribution in [0.1, 0.15) is 18.4 Å². The summed E-state index contributed by atoms with van der Waals surface area (Å²) in [5.74, 6) is 0.319. The largest absolute Gasteiger partial charge is 0.495 e. The van der Waals surface area contributed by atoms with Crippen LogP contribution in [0, 0.1) is 6.92 Å². The monoisotopic (exact) mass is 275 g/mol. The summed E-state index contributed by atoms with van der Waals surface area (Å²) in [6, 6.07) is 3.12. The van der Waals surface area contributed by atoms with E-state index in [9.17, 15) is 8.42 Å². The number of ether oxygens (including phenoxy) is 1. The Hall–Kier alpha value is -0.780. The minimum absolute atomic E-state index is 0.0600. The zero-order valence-corrected chi connectivity index (χ0v) is 11.2. The molecule has 1 saturated carbocycles. The van der Waals surface area contributed by atoms with E-state index in [4.69, 9.17) is 16.3 Å². The maximum absolute atomic E-state index is 12.1. The van der Waals surface area contributed by atoms with Crippen LogP contribution in [0.15, 0.2) is 17.0 Å². The Morgan fingerprint density at radius 2 is 2.06 bits per heavy atom. The van der Waals surface area contributed by atoms with Gasteiger partial charge in [0.2, 0.25) is 10.0 Å². The number of aryl methyl sites for hydroxylation is 1.